The van der Waals surface area contributed by atoms with Gasteiger partial charge >= 0.3 is 0 Å². The van der Waals surface area contributed by atoms with Crippen molar-refractivity contribution < 1.29 is 4.79 Å². The van der Waals surface area contributed by atoms with Gasteiger partial charge in [-0.2, -0.15) is 5.10 Å². The summed E-state index contributed by atoms with van der Waals surface area (Å²) in [6, 6.07) is 12.7. The lowest BCUT2D eigenvalue weighted by molar-refractivity contribution is 0.101. The van der Waals surface area contributed by atoms with Crippen molar-refractivity contribution in [3.8, 4) is 11.3 Å². The molecule has 0 aliphatic carbocycles. The van der Waals surface area contributed by atoms with E-state index in [1.807, 2.05) is 36.6 Å². The van der Waals surface area contributed by atoms with Crippen LogP contribution in [-0.2, 0) is 7.05 Å². The quantitative estimate of drug-likeness (QED) is 0.547. The van der Waals surface area contributed by atoms with Crippen LogP contribution < -0.4 is 10.7 Å². The van der Waals surface area contributed by atoms with Crippen LogP contribution in [0.4, 0.5) is 5.13 Å². The van der Waals surface area contributed by atoms with Crippen molar-refractivity contribution in [2.45, 2.75) is 6.92 Å². The van der Waals surface area contributed by atoms with E-state index in [4.69, 9.17) is 11.6 Å². The molecule has 2 aromatic heterocycles. The van der Waals surface area contributed by atoms with E-state index in [1.54, 1.807) is 25.2 Å². The van der Waals surface area contributed by atoms with Gasteiger partial charge in [-0.05, 0) is 31.2 Å². The fraction of sp³-hybridized carbons (Fsp3) is 0.100. The average Bonchev–Trinajstić information content (AvgIpc) is 3.13. The maximum atomic E-state index is 12.8. The summed E-state index contributed by atoms with van der Waals surface area (Å²) in [5.41, 5.74) is 2.65. The number of thiazole rings is 1. The Labute approximate surface area is 169 Å². The summed E-state index contributed by atoms with van der Waals surface area (Å²) >= 11 is 7.18. The van der Waals surface area contributed by atoms with Crippen LogP contribution >= 0.6 is 22.9 Å². The summed E-state index contributed by atoms with van der Waals surface area (Å²) < 4.78 is 1.53. The van der Waals surface area contributed by atoms with Crippen LogP contribution in [0, 0.1) is 6.92 Å². The van der Waals surface area contributed by atoms with Crippen LogP contribution in [0.15, 0.2) is 52.6 Å². The van der Waals surface area contributed by atoms with Gasteiger partial charge in [-0.3, -0.25) is 19.6 Å². The third kappa shape index (κ3) is 3.42. The first-order chi connectivity index (χ1) is 13.4. The number of benzene rings is 2. The number of carbonyl (C=O) groups excluding carboxylic acids is 1. The summed E-state index contributed by atoms with van der Waals surface area (Å²) in [4.78, 5) is 29.8. The fourth-order valence-electron chi connectivity index (χ4n) is 2.88. The molecule has 0 aliphatic rings. The number of nitrogens with zero attached hydrogens (tertiary/aromatic N) is 3. The van der Waals surface area contributed by atoms with Crippen molar-refractivity contribution in [2.75, 3.05) is 5.32 Å². The van der Waals surface area contributed by atoms with Crippen LogP contribution in [0.2, 0.25) is 5.02 Å². The Morgan fingerprint density at radius 3 is 2.68 bits per heavy atom. The minimum Gasteiger partial charge on any atom is -0.296 e. The lowest BCUT2D eigenvalue weighted by Gasteiger charge is -2.08. The van der Waals surface area contributed by atoms with E-state index >= 15 is 0 Å². The summed E-state index contributed by atoms with van der Waals surface area (Å²) in [6.45, 7) is 1.90. The number of anilines is 1. The highest BCUT2D eigenvalue weighted by molar-refractivity contribution is 7.14. The molecule has 2 heterocycles. The number of hydrogen-bond acceptors (Lipinski definition) is 5. The first kappa shape index (κ1) is 18.3. The van der Waals surface area contributed by atoms with E-state index in [9.17, 15) is 9.59 Å². The molecule has 0 saturated heterocycles. The zero-order chi connectivity index (χ0) is 19.8. The fourth-order valence-corrected chi connectivity index (χ4v) is 3.72. The molecule has 0 saturated carbocycles. The summed E-state index contributed by atoms with van der Waals surface area (Å²) in [5.74, 6) is -0.582. The number of fused-ring (bicyclic) bond motifs is 1. The van der Waals surface area contributed by atoms with Crippen LogP contribution in [-0.4, -0.2) is 20.7 Å². The van der Waals surface area contributed by atoms with Crippen LogP contribution in [0.5, 0.6) is 0 Å². The Bertz CT molecular complexity index is 1260. The van der Waals surface area contributed by atoms with Gasteiger partial charge in [0.25, 0.3) is 5.91 Å². The first-order valence-electron chi connectivity index (χ1n) is 8.43. The Morgan fingerprint density at radius 1 is 1.18 bits per heavy atom. The molecule has 0 fully saturated rings. The van der Waals surface area contributed by atoms with E-state index in [0.29, 0.717) is 26.8 Å². The van der Waals surface area contributed by atoms with Crippen LogP contribution in [0.25, 0.3) is 22.2 Å². The van der Waals surface area contributed by atoms with Gasteiger partial charge in [-0.25, -0.2) is 4.98 Å². The second kappa shape index (κ2) is 7.18. The Kier molecular flexibility index (Phi) is 4.70. The zero-order valence-electron chi connectivity index (χ0n) is 15.1. The summed E-state index contributed by atoms with van der Waals surface area (Å²) in [5, 5.41) is 10.2. The topological polar surface area (TPSA) is 76.9 Å². The number of nitrogens with one attached hydrogen (secondary N) is 1. The maximum Gasteiger partial charge on any atom is 0.281 e. The van der Waals surface area contributed by atoms with Gasteiger partial charge in [0.15, 0.2) is 10.8 Å². The van der Waals surface area contributed by atoms with Crippen molar-refractivity contribution in [3.05, 3.63) is 74.3 Å². The second-order valence-corrected chi connectivity index (χ2v) is 7.62. The highest BCUT2D eigenvalue weighted by atomic mass is 35.5. The molecule has 1 amide bonds. The van der Waals surface area contributed by atoms with Crippen molar-refractivity contribution >= 4 is 44.9 Å². The standard InChI is InChI=1S/C20H15ClN4O2S/c1-11-3-8-16-14(9-11)18(26)17(24-25(16)2)19(27)23-20-22-15(10-28-20)12-4-6-13(21)7-5-12/h3-10H,1-2H3,(H,22,23,27). The molecule has 4 rings (SSSR count). The van der Waals surface area contributed by atoms with Crippen LogP contribution in [0.3, 0.4) is 0 Å². The molecule has 28 heavy (non-hydrogen) atoms. The van der Waals surface area contributed by atoms with Crippen molar-refractivity contribution in [2.24, 2.45) is 7.05 Å². The number of carbonyl (C=O) groups is 1. The molecule has 0 aliphatic heterocycles. The Morgan fingerprint density at radius 2 is 1.93 bits per heavy atom. The van der Waals surface area contributed by atoms with Crippen LogP contribution in [0.1, 0.15) is 16.1 Å². The van der Waals surface area contributed by atoms with Crippen molar-refractivity contribution in [1.82, 2.24) is 14.8 Å². The molecule has 1 N–H and O–H groups in total. The molecule has 0 atom stereocenters. The SMILES string of the molecule is Cc1ccc2c(c1)c(=O)c(C(=O)Nc1nc(-c3ccc(Cl)cc3)cs1)nn2C. The number of rotatable bonds is 3. The molecule has 0 radical (unpaired) electrons. The van der Waals surface area contributed by atoms with Gasteiger partial charge in [-0.1, -0.05) is 35.4 Å². The lowest BCUT2D eigenvalue weighted by atomic mass is 10.1. The normalized spacial score (nSPS) is 11.0. The first-order valence-corrected chi connectivity index (χ1v) is 9.68. The smallest absolute Gasteiger partial charge is 0.281 e. The molecule has 0 unspecified atom stereocenters. The minimum absolute atomic E-state index is 0.163. The van der Waals surface area contributed by atoms with Gasteiger partial charge in [0.2, 0.25) is 5.43 Å². The highest BCUT2D eigenvalue weighted by Gasteiger charge is 2.18. The molecule has 140 valence electrons. The zero-order valence-corrected chi connectivity index (χ0v) is 16.6. The van der Waals surface area contributed by atoms with Gasteiger partial charge in [-0.15, -0.1) is 11.3 Å². The molecule has 8 heteroatoms. The number of halogens is 1. The number of hydrogen-bond donors (Lipinski definition) is 1. The van der Waals surface area contributed by atoms with E-state index < -0.39 is 11.3 Å². The van der Waals surface area contributed by atoms with Gasteiger partial charge < -0.3 is 0 Å². The minimum atomic E-state index is -0.582. The third-order valence-corrected chi connectivity index (χ3v) is 5.30. The van der Waals surface area contributed by atoms with E-state index in [0.717, 1.165) is 11.1 Å². The molecule has 6 nitrogen and oxygen atoms in total. The van der Waals surface area contributed by atoms with E-state index in [-0.39, 0.29) is 5.69 Å². The van der Waals surface area contributed by atoms with Crippen molar-refractivity contribution in [3.63, 3.8) is 0 Å². The predicted octanol–water partition coefficient (Wildman–Crippen LogP) is 4.27. The second-order valence-electron chi connectivity index (χ2n) is 6.32. The number of aromatic nitrogens is 3. The third-order valence-electron chi connectivity index (χ3n) is 4.29. The monoisotopic (exact) mass is 410 g/mol. The molecular weight excluding hydrogens is 396 g/mol. The Hall–Kier alpha value is -3.03. The highest BCUT2D eigenvalue weighted by Crippen LogP contribution is 2.26. The Balaban J connectivity index is 1.65. The van der Waals surface area contributed by atoms with Gasteiger partial charge in [0.05, 0.1) is 16.6 Å². The largest absolute Gasteiger partial charge is 0.296 e. The average molecular weight is 411 g/mol. The molecule has 0 bridgehead atoms. The molecule has 0 spiro atoms. The summed E-state index contributed by atoms with van der Waals surface area (Å²) in [6.07, 6.45) is 0. The maximum absolute atomic E-state index is 12.8. The number of aryl methyl sites for hydroxylation is 2. The van der Waals surface area contributed by atoms with E-state index in [2.05, 4.69) is 15.4 Å². The molecule has 2 aromatic carbocycles. The van der Waals surface area contributed by atoms with Gasteiger partial charge in [0.1, 0.15) is 0 Å². The number of amides is 1. The predicted molar refractivity (Wildman–Crippen MR) is 112 cm³/mol. The van der Waals surface area contributed by atoms with E-state index in [1.165, 1.54) is 16.0 Å². The van der Waals surface area contributed by atoms with Crippen molar-refractivity contribution in [1.29, 1.82) is 0 Å². The molecular formula is C20H15ClN4O2S. The summed E-state index contributed by atoms with van der Waals surface area (Å²) in [7, 11) is 1.70. The van der Waals surface area contributed by atoms with Gasteiger partial charge in [0, 0.05) is 23.0 Å². The lowest BCUT2D eigenvalue weighted by Crippen LogP contribution is -2.26. The molecule has 4 aromatic rings.